The number of hydrogen-bond acceptors (Lipinski definition) is 3. The molecule has 0 atom stereocenters. The van der Waals surface area contributed by atoms with E-state index in [-0.39, 0.29) is 5.75 Å². The highest BCUT2D eigenvalue weighted by atomic mass is 19.1. The molecule has 94 valence electrons. The van der Waals surface area contributed by atoms with Gasteiger partial charge in [0.15, 0.2) is 11.6 Å². The number of nitrogens with one attached hydrogen (secondary N) is 1. The number of phenolic OH excluding ortho intramolecular Hbond substituents is 1. The molecular weight excluding hydrogens is 233 g/mol. The van der Waals surface area contributed by atoms with Gasteiger partial charge in [0.25, 0.3) is 0 Å². The van der Waals surface area contributed by atoms with Gasteiger partial charge in [0, 0.05) is 18.3 Å². The first-order valence-electron chi connectivity index (χ1n) is 5.54. The fraction of sp³-hybridized carbons (Fsp3) is 0.143. The van der Waals surface area contributed by atoms with Crippen molar-refractivity contribution in [2.45, 2.75) is 6.54 Å². The summed E-state index contributed by atoms with van der Waals surface area (Å²) in [4.78, 5) is 0. The molecule has 0 radical (unpaired) electrons. The number of phenols is 1. The van der Waals surface area contributed by atoms with Crippen LogP contribution in [0.4, 0.5) is 10.1 Å². The molecule has 2 rings (SSSR count). The zero-order valence-corrected chi connectivity index (χ0v) is 9.98. The average Bonchev–Trinajstić information content (AvgIpc) is 2.41. The fourth-order valence-electron chi connectivity index (χ4n) is 1.56. The predicted octanol–water partition coefficient (Wildman–Crippen LogP) is 3.15. The molecule has 0 amide bonds. The van der Waals surface area contributed by atoms with Crippen molar-refractivity contribution in [1.82, 2.24) is 0 Å². The lowest BCUT2D eigenvalue weighted by atomic mass is 10.2. The molecule has 0 aliphatic carbocycles. The summed E-state index contributed by atoms with van der Waals surface area (Å²) in [7, 11) is 1.62. The summed E-state index contributed by atoms with van der Waals surface area (Å²) in [6.07, 6.45) is 0. The molecule has 18 heavy (non-hydrogen) atoms. The van der Waals surface area contributed by atoms with Gasteiger partial charge in [-0.05, 0) is 29.8 Å². The minimum atomic E-state index is -0.630. The van der Waals surface area contributed by atoms with Crippen LogP contribution in [0.5, 0.6) is 11.5 Å². The van der Waals surface area contributed by atoms with E-state index in [0.717, 1.165) is 11.3 Å². The average molecular weight is 247 g/mol. The summed E-state index contributed by atoms with van der Waals surface area (Å²) in [5.41, 5.74) is 1.69. The number of hydrogen-bond donors (Lipinski definition) is 2. The van der Waals surface area contributed by atoms with Crippen LogP contribution in [0.1, 0.15) is 5.56 Å². The van der Waals surface area contributed by atoms with Crippen LogP contribution >= 0.6 is 0 Å². The largest absolute Gasteiger partial charge is 0.505 e. The quantitative estimate of drug-likeness (QED) is 0.815. The van der Waals surface area contributed by atoms with Crippen molar-refractivity contribution in [3.05, 3.63) is 53.8 Å². The smallest absolute Gasteiger partial charge is 0.166 e. The van der Waals surface area contributed by atoms with Crippen molar-refractivity contribution in [1.29, 1.82) is 0 Å². The van der Waals surface area contributed by atoms with E-state index in [0.29, 0.717) is 12.2 Å². The Kier molecular flexibility index (Phi) is 3.67. The van der Waals surface area contributed by atoms with E-state index in [4.69, 9.17) is 9.84 Å². The molecule has 0 unspecified atom stereocenters. The van der Waals surface area contributed by atoms with Crippen LogP contribution in [0, 0.1) is 5.82 Å². The molecule has 0 saturated heterocycles. The second-order valence-corrected chi connectivity index (χ2v) is 3.87. The molecule has 0 aromatic heterocycles. The minimum Gasteiger partial charge on any atom is -0.505 e. The van der Waals surface area contributed by atoms with Gasteiger partial charge in [-0.15, -0.1) is 0 Å². The summed E-state index contributed by atoms with van der Waals surface area (Å²) in [5, 5.41) is 12.1. The van der Waals surface area contributed by atoms with Crippen molar-refractivity contribution in [3.8, 4) is 11.5 Å². The minimum absolute atomic E-state index is 0.343. The maximum atomic E-state index is 13.1. The summed E-state index contributed by atoms with van der Waals surface area (Å²) in [6, 6.07) is 11.8. The van der Waals surface area contributed by atoms with Gasteiger partial charge in [0.05, 0.1) is 7.11 Å². The molecule has 0 fully saturated rings. The predicted molar refractivity (Wildman–Crippen MR) is 68.4 cm³/mol. The van der Waals surface area contributed by atoms with Crippen LogP contribution in [-0.2, 0) is 6.54 Å². The van der Waals surface area contributed by atoms with Crippen molar-refractivity contribution < 1.29 is 14.2 Å². The molecule has 2 N–H and O–H groups in total. The molecule has 0 aliphatic heterocycles. The zero-order chi connectivity index (χ0) is 13.0. The van der Waals surface area contributed by atoms with E-state index in [1.807, 2.05) is 24.3 Å². The van der Waals surface area contributed by atoms with Crippen LogP contribution in [0.15, 0.2) is 42.5 Å². The Morgan fingerprint density at radius 2 is 1.89 bits per heavy atom. The monoisotopic (exact) mass is 247 g/mol. The van der Waals surface area contributed by atoms with Gasteiger partial charge in [0.2, 0.25) is 0 Å². The van der Waals surface area contributed by atoms with Gasteiger partial charge < -0.3 is 15.2 Å². The van der Waals surface area contributed by atoms with E-state index in [1.54, 1.807) is 13.2 Å². The van der Waals surface area contributed by atoms with Crippen LogP contribution in [0.2, 0.25) is 0 Å². The Bertz CT molecular complexity index is 526. The normalized spacial score (nSPS) is 10.1. The fourth-order valence-corrected chi connectivity index (χ4v) is 1.56. The molecule has 0 bridgehead atoms. The number of benzene rings is 2. The lowest BCUT2D eigenvalue weighted by Gasteiger charge is -2.08. The summed E-state index contributed by atoms with van der Waals surface area (Å²) >= 11 is 0. The van der Waals surface area contributed by atoms with Crippen molar-refractivity contribution in [2.24, 2.45) is 0 Å². The SMILES string of the molecule is COc1ccc(CNc2ccc(O)c(F)c2)cc1. The Labute approximate surface area is 105 Å². The van der Waals surface area contributed by atoms with Crippen molar-refractivity contribution >= 4 is 5.69 Å². The van der Waals surface area contributed by atoms with Gasteiger partial charge in [-0.1, -0.05) is 12.1 Å². The second kappa shape index (κ2) is 5.40. The van der Waals surface area contributed by atoms with E-state index in [2.05, 4.69) is 5.32 Å². The molecule has 2 aromatic carbocycles. The Morgan fingerprint density at radius 3 is 2.50 bits per heavy atom. The van der Waals surface area contributed by atoms with E-state index in [1.165, 1.54) is 12.1 Å². The van der Waals surface area contributed by atoms with Gasteiger partial charge in [0.1, 0.15) is 5.75 Å². The van der Waals surface area contributed by atoms with Crippen LogP contribution in [0.25, 0.3) is 0 Å². The highest BCUT2D eigenvalue weighted by molar-refractivity contribution is 5.47. The van der Waals surface area contributed by atoms with Crippen LogP contribution < -0.4 is 10.1 Å². The molecule has 0 aliphatic rings. The highest BCUT2D eigenvalue weighted by Gasteiger charge is 2.01. The third-order valence-corrected chi connectivity index (χ3v) is 2.60. The van der Waals surface area contributed by atoms with Crippen molar-refractivity contribution in [3.63, 3.8) is 0 Å². The first kappa shape index (κ1) is 12.2. The standard InChI is InChI=1S/C14H14FNO2/c1-18-12-5-2-10(3-6-12)9-16-11-4-7-14(17)13(15)8-11/h2-8,16-17H,9H2,1H3. The molecule has 3 nitrogen and oxygen atoms in total. The molecule has 4 heteroatoms. The molecule has 0 saturated carbocycles. The number of methoxy groups -OCH3 is 1. The number of anilines is 1. The molecular formula is C14H14FNO2. The van der Waals surface area contributed by atoms with E-state index >= 15 is 0 Å². The van der Waals surface area contributed by atoms with E-state index < -0.39 is 5.82 Å². The van der Waals surface area contributed by atoms with Gasteiger partial charge in [-0.3, -0.25) is 0 Å². The molecule has 0 spiro atoms. The number of halogens is 1. The van der Waals surface area contributed by atoms with Gasteiger partial charge >= 0.3 is 0 Å². The maximum absolute atomic E-state index is 13.1. The molecule has 0 heterocycles. The first-order valence-corrected chi connectivity index (χ1v) is 5.54. The number of aromatic hydroxyl groups is 1. The second-order valence-electron chi connectivity index (χ2n) is 3.87. The number of ether oxygens (including phenoxy) is 1. The zero-order valence-electron chi connectivity index (χ0n) is 9.98. The Morgan fingerprint density at radius 1 is 1.17 bits per heavy atom. The van der Waals surface area contributed by atoms with Gasteiger partial charge in [-0.2, -0.15) is 0 Å². The van der Waals surface area contributed by atoms with Crippen LogP contribution in [-0.4, -0.2) is 12.2 Å². The third-order valence-electron chi connectivity index (χ3n) is 2.60. The Hall–Kier alpha value is -2.23. The topological polar surface area (TPSA) is 41.5 Å². The first-order chi connectivity index (χ1) is 8.69. The Balaban J connectivity index is 1.99. The van der Waals surface area contributed by atoms with Gasteiger partial charge in [-0.25, -0.2) is 4.39 Å². The lowest BCUT2D eigenvalue weighted by Crippen LogP contribution is -1.99. The lowest BCUT2D eigenvalue weighted by molar-refractivity contribution is 0.414. The number of rotatable bonds is 4. The summed E-state index contributed by atoms with van der Waals surface area (Å²) < 4.78 is 18.2. The van der Waals surface area contributed by atoms with Crippen molar-refractivity contribution in [2.75, 3.05) is 12.4 Å². The van der Waals surface area contributed by atoms with E-state index in [9.17, 15) is 4.39 Å². The van der Waals surface area contributed by atoms with Crippen LogP contribution in [0.3, 0.4) is 0 Å². The third kappa shape index (κ3) is 2.91. The highest BCUT2D eigenvalue weighted by Crippen LogP contribution is 2.20. The molecule has 2 aromatic rings. The maximum Gasteiger partial charge on any atom is 0.166 e. The summed E-state index contributed by atoms with van der Waals surface area (Å²) in [5.74, 6) is -0.172. The summed E-state index contributed by atoms with van der Waals surface area (Å²) in [6.45, 7) is 0.578.